The lowest BCUT2D eigenvalue weighted by Gasteiger charge is -2.07. The Bertz CT molecular complexity index is 1100. The molecular weight excluding hydrogens is 312 g/mol. The van der Waals surface area contributed by atoms with E-state index in [9.17, 15) is 9.90 Å². The van der Waals surface area contributed by atoms with Gasteiger partial charge in [0.05, 0.1) is 0 Å². The third-order valence-corrected chi connectivity index (χ3v) is 4.31. The third-order valence-electron chi connectivity index (χ3n) is 4.31. The number of hydrogen-bond acceptors (Lipinski definition) is 3. The first-order valence-corrected chi connectivity index (χ1v) is 8.00. The van der Waals surface area contributed by atoms with Crippen molar-refractivity contribution in [1.82, 2.24) is 9.97 Å². The number of nitrogens with one attached hydrogen (secondary N) is 1. The zero-order valence-electron chi connectivity index (χ0n) is 13.7. The van der Waals surface area contributed by atoms with E-state index in [2.05, 4.69) is 9.97 Å². The van der Waals surface area contributed by atoms with Gasteiger partial charge in [-0.15, -0.1) is 0 Å². The maximum Gasteiger partial charge on any atom is 0.160 e. The van der Waals surface area contributed by atoms with Gasteiger partial charge in [0.25, 0.3) is 0 Å². The fourth-order valence-electron chi connectivity index (χ4n) is 3.09. The summed E-state index contributed by atoms with van der Waals surface area (Å²) in [5.41, 5.74) is 5.07. The number of phenolic OH excluding ortho intramolecular Hbond substituents is 1. The second-order valence-electron chi connectivity index (χ2n) is 5.97. The average molecular weight is 328 g/mol. The molecular formula is C21H16N2O2. The zero-order chi connectivity index (χ0) is 17.4. The SMILES string of the molecule is CC(=O)c1ccccc1-c1c[nH]c2ncc(-c3cccc(O)c3)cc12. The van der Waals surface area contributed by atoms with E-state index < -0.39 is 0 Å². The van der Waals surface area contributed by atoms with Gasteiger partial charge in [-0.25, -0.2) is 4.98 Å². The molecule has 4 rings (SSSR count). The second kappa shape index (κ2) is 5.91. The number of aromatic nitrogens is 2. The number of aromatic hydroxyl groups is 1. The molecule has 0 fully saturated rings. The Balaban J connectivity index is 1.92. The predicted molar refractivity (Wildman–Crippen MR) is 98.6 cm³/mol. The van der Waals surface area contributed by atoms with Crippen LogP contribution in [0.25, 0.3) is 33.3 Å². The summed E-state index contributed by atoms with van der Waals surface area (Å²) >= 11 is 0. The van der Waals surface area contributed by atoms with Crippen LogP contribution >= 0.6 is 0 Å². The molecule has 0 saturated heterocycles. The number of ketones is 1. The molecule has 0 radical (unpaired) electrons. The van der Waals surface area contributed by atoms with Gasteiger partial charge in [-0.2, -0.15) is 0 Å². The van der Waals surface area contributed by atoms with Crippen LogP contribution in [-0.4, -0.2) is 20.9 Å². The normalized spacial score (nSPS) is 10.9. The Labute approximate surface area is 144 Å². The first kappa shape index (κ1) is 15.1. The van der Waals surface area contributed by atoms with Crippen molar-refractivity contribution < 1.29 is 9.90 Å². The number of fused-ring (bicyclic) bond motifs is 1. The second-order valence-corrected chi connectivity index (χ2v) is 5.97. The fraction of sp³-hybridized carbons (Fsp3) is 0.0476. The van der Waals surface area contributed by atoms with Gasteiger partial charge in [0.15, 0.2) is 5.78 Å². The monoisotopic (exact) mass is 328 g/mol. The third kappa shape index (κ3) is 2.68. The van der Waals surface area contributed by atoms with Crippen LogP contribution < -0.4 is 0 Å². The minimum absolute atomic E-state index is 0.0297. The van der Waals surface area contributed by atoms with Crippen LogP contribution in [-0.2, 0) is 0 Å². The fourth-order valence-corrected chi connectivity index (χ4v) is 3.09. The molecule has 0 atom stereocenters. The highest BCUT2D eigenvalue weighted by molar-refractivity contribution is 6.05. The lowest BCUT2D eigenvalue weighted by atomic mass is 9.96. The predicted octanol–water partition coefficient (Wildman–Crippen LogP) is 4.81. The summed E-state index contributed by atoms with van der Waals surface area (Å²) in [6.07, 6.45) is 3.65. The van der Waals surface area contributed by atoms with Gasteiger partial charge in [0, 0.05) is 34.5 Å². The van der Waals surface area contributed by atoms with E-state index in [1.54, 1.807) is 31.3 Å². The van der Waals surface area contributed by atoms with Crippen LogP contribution in [0.4, 0.5) is 0 Å². The van der Waals surface area contributed by atoms with E-state index in [-0.39, 0.29) is 11.5 Å². The molecule has 25 heavy (non-hydrogen) atoms. The van der Waals surface area contributed by atoms with Crippen LogP contribution in [0, 0.1) is 0 Å². The number of phenols is 1. The molecule has 2 aromatic carbocycles. The number of pyridine rings is 1. The number of aromatic amines is 1. The molecule has 4 aromatic rings. The number of carbonyl (C=O) groups is 1. The first-order valence-electron chi connectivity index (χ1n) is 8.00. The van der Waals surface area contributed by atoms with E-state index in [1.807, 2.05) is 42.6 Å². The van der Waals surface area contributed by atoms with Crippen LogP contribution in [0.3, 0.4) is 0 Å². The van der Waals surface area contributed by atoms with Crippen molar-refractivity contribution in [3.63, 3.8) is 0 Å². The van der Waals surface area contributed by atoms with Crippen molar-refractivity contribution in [3.05, 3.63) is 72.6 Å². The van der Waals surface area contributed by atoms with Gasteiger partial charge >= 0.3 is 0 Å². The van der Waals surface area contributed by atoms with Crippen LogP contribution in [0.5, 0.6) is 5.75 Å². The van der Waals surface area contributed by atoms with Crippen molar-refractivity contribution in [2.45, 2.75) is 6.92 Å². The largest absolute Gasteiger partial charge is 0.508 e. The van der Waals surface area contributed by atoms with Crippen molar-refractivity contribution >= 4 is 16.8 Å². The molecule has 2 N–H and O–H groups in total. The summed E-state index contributed by atoms with van der Waals surface area (Å²) in [6, 6.07) is 16.7. The summed E-state index contributed by atoms with van der Waals surface area (Å²) in [7, 11) is 0. The van der Waals surface area contributed by atoms with Crippen molar-refractivity contribution in [2.75, 3.05) is 0 Å². The average Bonchev–Trinajstić information content (AvgIpc) is 3.04. The molecule has 0 amide bonds. The zero-order valence-corrected chi connectivity index (χ0v) is 13.7. The lowest BCUT2D eigenvalue weighted by molar-refractivity contribution is 0.101. The highest BCUT2D eigenvalue weighted by Crippen LogP contribution is 2.33. The quantitative estimate of drug-likeness (QED) is 0.531. The topological polar surface area (TPSA) is 66.0 Å². The number of nitrogens with zero attached hydrogens (tertiary/aromatic N) is 1. The summed E-state index contributed by atoms with van der Waals surface area (Å²) in [4.78, 5) is 19.6. The summed E-state index contributed by atoms with van der Waals surface area (Å²) in [5.74, 6) is 0.246. The smallest absolute Gasteiger partial charge is 0.160 e. The van der Waals surface area contributed by atoms with E-state index in [1.165, 1.54) is 0 Å². The number of H-pyrrole nitrogens is 1. The molecule has 2 aromatic heterocycles. The van der Waals surface area contributed by atoms with Crippen molar-refractivity contribution in [3.8, 4) is 28.0 Å². The molecule has 0 bridgehead atoms. The van der Waals surface area contributed by atoms with Crippen molar-refractivity contribution in [1.29, 1.82) is 0 Å². The molecule has 0 unspecified atom stereocenters. The molecule has 0 spiro atoms. The van der Waals surface area contributed by atoms with E-state index >= 15 is 0 Å². The van der Waals surface area contributed by atoms with Gasteiger partial charge in [-0.05, 0) is 36.2 Å². The standard InChI is InChI=1S/C21H16N2O2/c1-13(24)17-7-2-3-8-18(17)20-12-23-21-19(20)10-15(11-22-21)14-5-4-6-16(25)9-14/h2-12,25H,1H3,(H,22,23). The molecule has 122 valence electrons. The van der Waals surface area contributed by atoms with Gasteiger partial charge in [-0.3, -0.25) is 4.79 Å². The number of rotatable bonds is 3. The van der Waals surface area contributed by atoms with Crippen LogP contribution in [0.15, 0.2) is 67.0 Å². The molecule has 0 aliphatic rings. The first-order chi connectivity index (χ1) is 12.1. The minimum atomic E-state index is 0.0297. The molecule has 4 nitrogen and oxygen atoms in total. The Morgan fingerprint density at radius 2 is 1.84 bits per heavy atom. The number of Topliss-reactive ketones (excluding diaryl/α,β-unsaturated/α-hetero) is 1. The van der Waals surface area contributed by atoms with Crippen molar-refractivity contribution in [2.24, 2.45) is 0 Å². The lowest BCUT2D eigenvalue weighted by Crippen LogP contribution is -1.95. The number of benzene rings is 2. The summed E-state index contributed by atoms with van der Waals surface area (Å²) in [6.45, 7) is 1.57. The molecule has 0 aliphatic heterocycles. The Kier molecular flexibility index (Phi) is 3.58. The van der Waals surface area contributed by atoms with E-state index in [0.29, 0.717) is 5.56 Å². The Morgan fingerprint density at radius 3 is 2.64 bits per heavy atom. The Morgan fingerprint density at radius 1 is 1.00 bits per heavy atom. The molecule has 0 saturated carbocycles. The van der Waals surface area contributed by atoms with Gasteiger partial charge in [0.1, 0.15) is 11.4 Å². The van der Waals surface area contributed by atoms with Crippen LogP contribution in [0.1, 0.15) is 17.3 Å². The number of carbonyl (C=O) groups excluding carboxylic acids is 1. The number of hydrogen-bond donors (Lipinski definition) is 2. The van der Waals surface area contributed by atoms with E-state index in [0.717, 1.165) is 33.3 Å². The van der Waals surface area contributed by atoms with Crippen LogP contribution in [0.2, 0.25) is 0 Å². The van der Waals surface area contributed by atoms with E-state index in [4.69, 9.17) is 0 Å². The maximum atomic E-state index is 12.0. The Hall–Kier alpha value is -3.40. The maximum absolute atomic E-state index is 12.0. The van der Waals surface area contributed by atoms with Gasteiger partial charge in [-0.1, -0.05) is 36.4 Å². The van der Waals surface area contributed by atoms with Gasteiger partial charge < -0.3 is 10.1 Å². The summed E-state index contributed by atoms with van der Waals surface area (Å²) in [5, 5.41) is 10.7. The van der Waals surface area contributed by atoms with Gasteiger partial charge in [0.2, 0.25) is 0 Å². The highest BCUT2D eigenvalue weighted by atomic mass is 16.3. The minimum Gasteiger partial charge on any atom is -0.508 e. The molecule has 4 heteroatoms. The summed E-state index contributed by atoms with van der Waals surface area (Å²) < 4.78 is 0. The molecule has 0 aliphatic carbocycles. The highest BCUT2D eigenvalue weighted by Gasteiger charge is 2.14. The molecule has 2 heterocycles.